The molecule has 0 aliphatic carbocycles. The fourth-order valence-corrected chi connectivity index (χ4v) is 5.14. The summed E-state index contributed by atoms with van der Waals surface area (Å²) in [6, 6.07) is 23.1. The van der Waals surface area contributed by atoms with Crippen molar-refractivity contribution in [3.05, 3.63) is 102 Å². The SMILES string of the molecule is CCOc1ccc(-c2ccc(C3C(c4ccccn4)NC(=S)N3CCC(=O)Nc3cc(C)ccc3C)o2)cc1. The first-order chi connectivity index (χ1) is 18.9. The Hall–Kier alpha value is -4.17. The predicted molar refractivity (Wildman–Crippen MR) is 157 cm³/mol. The van der Waals surface area contributed by atoms with Crippen LogP contribution in [-0.2, 0) is 4.79 Å². The van der Waals surface area contributed by atoms with Gasteiger partial charge in [-0.05, 0) is 98.7 Å². The second-order valence-corrected chi connectivity index (χ2v) is 9.98. The number of ether oxygens (including phenoxy) is 1. The Bertz CT molecular complexity index is 1450. The van der Waals surface area contributed by atoms with E-state index in [4.69, 9.17) is 21.4 Å². The van der Waals surface area contributed by atoms with Gasteiger partial charge in [0.15, 0.2) is 5.11 Å². The average molecular weight is 541 g/mol. The first-order valence-electron chi connectivity index (χ1n) is 13.1. The van der Waals surface area contributed by atoms with Crippen LogP contribution in [-0.4, -0.2) is 34.1 Å². The van der Waals surface area contributed by atoms with E-state index in [-0.39, 0.29) is 24.4 Å². The highest BCUT2D eigenvalue weighted by Gasteiger charge is 2.41. The first kappa shape index (κ1) is 26.4. The highest BCUT2D eigenvalue weighted by Crippen LogP contribution is 2.40. The summed E-state index contributed by atoms with van der Waals surface area (Å²) in [6.45, 7) is 7.00. The van der Waals surface area contributed by atoms with Gasteiger partial charge in [-0.2, -0.15) is 0 Å². The second-order valence-electron chi connectivity index (χ2n) is 9.60. The predicted octanol–water partition coefficient (Wildman–Crippen LogP) is 6.36. The van der Waals surface area contributed by atoms with Gasteiger partial charge in [0.25, 0.3) is 0 Å². The van der Waals surface area contributed by atoms with E-state index in [2.05, 4.69) is 15.6 Å². The van der Waals surface area contributed by atoms with Gasteiger partial charge in [-0.1, -0.05) is 18.2 Å². The van der Waals surface area contributed by atoms with Gasteiger partial charge >= 0.3 is 0 Å². The highest BCUT2D eigenvalue weighted by atomic mass is 32.1. The van der Waals surface area contributed by atoms with Crippen molar-refractivity contribution in [2.75, 3.05) is 18.5 Å². The number of pyridine rings is 1. The molecule has 7 nitrogen and oxygen atoms in total. The monoisotopic (exact) mass is 540 g/mol. The van der Waals surface area contributed by atoms with Crippen LogP contribution in [0.25, 0.3) is 11.3 Å². The summed E-state index contributed by atoms with van der Waals surface area (Å²) in [5.41, 5.74) is 4.76. The van der Waals surface area contributed by atoms with E-state index in [9.17, 15) is 4.79 Å². The summed E-state index contributed by atoms with van der Waals surface area (Å²) in [5, 5.41) is 7.03. The van der Waals surface area contributed by atoms with Gasteiger partial charge in [0.1, 0.15) is 23.3 Å². The summed E-state index contributed by atoms with van der Waals surface area (Å²) in [7, 11) is 0. The Morgan fingerprint density at radius 2 is 1.92 bits per heavy atom. The van der Waals surface area contributed by atoms with Crippen LogP contribution in [0.3, 0.4) is 0 Å². The van der Waals surface area contributed by atoms with E-state index < -0.39 is 0 Å². The number of furan rings is 1. The molecule has 0 saturated carbocycles. The van der Waals surface area contributed by atoms with E-state index >= 15 is 0 Å². The number of nitrogens with one attached hydrogen (secondary N) is 2. The number of rotatable bonds is 9. The fraction of sp³-hybridized carbons (Fsp3) is 0.258. The van der Waals surface area contributed by atoms with Crippen molar-refractivity contribution in [2.24, 2.45) is 0 Å². The zero-order valence-corrected chi connectivity index (χ0v) is 23.1. The largest absolute Gasteiger partial charge is 0.494 e. The Morgan fingerprint density at radius 3 is 2.67 bits per heavy atom. The molecule has 0 bridgehead atoms. The molecule has 2 atom stereocenters. The Labute approximate surface area is 234 Å². The van der Waals surface area contributed by atoms with E-state index in [1.807, 2.05) is 98.5 Å². The number of amides is 1. The quantitative estimate of drug-likeness (QED) is 0.239. The molecule has 8 heteroatoms. The molecule has 4 aromatic rings. The first-order valence-corrected chi connectivity index (χ1v) is 13.5. The van der Waals surface area contributed by atoms with Gasteiger partial charge in [0, 0.05) is 30.4 Å². The van der Waals surface area contributed by atoms with Crippen molar-refractivity contribution in [1.29, 1.82) is 0 Å². The standard InChI is InChI=1S/C31H32N4O3S/c1-4-37-23-12-10-22(11-13-23)26-14-15-27(38-26)30-29(24-7-5-6-17-32-24)34-31(39)35(30)18-16-28(36)33-25-19-20(2)8-9-21(25)3/h5-15,17,19,29-30H,4,16,18H2,1-3H3,(H,33,36)(H,34,39). The van der Waals surface area contributed by atoms with Crippen molar-refractivity contribution in [3.8, 4) is 17.1 Å². The molecule has 0 radical (unpaired) electrons. The van der Waals surface area contributed by atoms with Gasteiger partial charge in [-0.15, -0.1) is 0 Å². The number of hydrogen-bond acceptors (Lipinski definition) is 5. The van der Waals surface area contributed by atoms with Gasteiger partial charge in [0.05, 0.1) is 18.3 Å². The van der Waals surface area contributed by atoms with Gasteiger partial charge in [-0.3, -0.25) is 9.78 Å². The maximum atomic E-state index is 12.9. The zero-order chi connectivity index (χ0) is 27.4. The van der Waals surface area contributed by atoms with Crippen LogP contribution in [0, 0.1) is 13.8 Å². The number of benzene rings is 2. The molecule has 3 heterocycles. The number of hydrogen-bond donors (Lipinski definition) is 2. The maximum absolute atomic E-state index is 12.9. The number of aryl methyl sites for hydroxylation is 2. The highest BCUT2D eigenvalue weighted by molar-refractivity contribution is 7.80. The summed E-state index contributed by atoms with van der Waals surface area (Å²) in [4.78, 5) is 19.6. The Morgan fingerprint density at radius 1 is 1.10 bits per heavy atom. The molecule has 1 aliphatic heterocycles. The van der Waals surface area contributed by atoms with Gasteiger partial charge in [-0.25, -0.2) is 0 Å². The lowest BCUT2D eigenvalue weighted by Gasteiger charge is -2.26. The number of aromatic nitrogens is 1. The molecule has 1 saturated heterocycles. The summed E-state index contributed by atoms with van der Waals surface area (Å²) in [6.07, 6.45) is 2.04. The zero-order valence-electron chi connectivity index (χ0n) is 22.3. The van der Waals surface area contributed by atoms with Crippen molar-refractivity contribution < 1.29 is 13.9 Å². The Kier molecular flexibility index (Phi) is 7.93. The number of carbonyl (C=O) groups is 1. The van der Waals surface area contributed by atoms with Crippen LogP contribution in [0.5, 0.6) is 5.75 Å². The summed E-state index contributed by atoms with van der Waals surface area (Å²) in [5.74, 6) is 2.25. The number of nitrogens with zero attached hydrogens (tertiary/aromatic N) is 2. The topological polar surface area (TPSA) is 79.6 Å². The van der Waals surface area contributed by atoms with Gasteiger partial charge < -0.3 is 24.7 Å². The molecule has 2 aromatic carbocycles. The third-order valence-corrected chi connectivity index (χ3v) is 7.17. The third-order valence-electron chi connectivity index (χ3n) is 6.81. The van der Waals surface area contributed by atoms with Crippen molar-refractivity contribution in [3.63, 3.8) is 0 Å². The Balaban J connectivity index is 1.38. The maximum Gasteiger partial charge on any atom is 0.226 e. The number of carbonyl (C=O) groups excluding carboxylic acids is 1. The van der Waals surface area contributed by atoms with Gasteiger partial charge in [0.2, 0.25) is 5.91 Å². The molecule has 1 aliphatic rings. The minimum Gasteiger partial charge on any atom is -0.494 e. The minimum atomic E-state index is -0.266. The molecule has 2 N–H and O–H groups in total. The smallest absolute Gasteiger partial charge is 0.226 e. The van der Waals surface area contributed by atoms with Crippen LogP contribution in [0.4, 0.5) is 5.69 Å². The fourth-order valence-electron chi connectivity index (χ4n) is 4.81. The molecule has 1 fully saturated rings. The molecule has 39 heavy (non-hydrogen) atoms. The molecule has 2 unspecified atom stereocenters. The molecule has 5 rings (SSSR count). The summed E-state index contributed by atoms with van der Waals surface area (Å²) >= 11 is 5.75. The lowest BCUT2D eigenvalue weighted by atomic mass is 10.0. The normalized spacial score (nSPS) is 16.7. The molecular weight excluding hydrogens is 508 g/mol. The number of thiocarbonyl (C=S) groups is 1. The van der Waals surface area contributed by atoms with E-state index in [0.717, 1.165) is 45.3 Å². The van der Waals surface area contributed by atoms with E-state index in [0.29, 0.717) is 18.3 Å². The van der Waals surface area contributed by atoms with Crippen molar-refractivity contribution in [1.82, 2.24) is 15.2 Å². The second kappa shape index (κ2) is 11.7. The molecule has 200 valence electrons. The molecule has 2 aromatic heterocycles. The molecule has 0 spiro atoms. The van der Waals surface area contributed by atoms with Crippen LogP contribution in [0.1, 0.15) is 48.0 Å². The van der Waals surface area contributed by atoms with Crippen molar-refractivity contribution in [2.45, 2.75) is 39.3 Å². The van der Waals surface area contributed by atoms with Crippen LogP contribution >= 0.6 is 12.2 Å². The van der Waals surface area contributed by atoms with Crippen LogP contribution in [0.15, 0.2) is 83.4 Å². The van der Waals surface area contributed by atoms with E-state index in [1.165, 1.54) is 0 Å². The third kappa shape index (κ3) is 5.96. The number of anilines is 1. The lowest BCUT2D eigenvalue weighted by Crippen LogP contribution is -2.32. The average Bonchev–Trinajstić information content (AvgIpc) is 3.55. The molecule has 1 amide bonds. The van der Waals surface area contributed by atoms with Crippen LogP contribution < -0.4 is 15.4 Å². The summed E-state index contributed by atoms with van der Waals surface area (Å²) < 4.78 is 12.0. The van der Waals surface area contributed by atoms with E-state index in [1.54, 1.807) is 6.20 Å². The minimum absolute atomic E-state index is 0.0685. The lowest BCUT2D eigenvalue weighted by molar-refractivity contribution is -0.116. The van der Waals surface area contributed by atoms with Crippen LogP contribution in [0.2, 0.25) is 0 Å². The molecular formula is C31H32N4O3S. The van der Waals surface area contributed by atoms with Crippen molar-refractivity contribution >= 4 is 28.9 Å².